The summed E-state index contributed by atoms with van der Waals surface area (Å²) >= 11 is 0. The van der Waals surface area contributed by atoms with Crippen molar-refractivity contribution in [1.82, 2.24) is 10.1 Å². The molecule has 0 aliphatic carbocycles. The zero-order valence-electron chi connectivity index (χ0n) is 11.8. The smallest absolute Gasteiger partial charge is 0.330 e. The quantitative estimate of drug-likeness (QED) is 0.450. The van der Waals surface area contributed by atoms with Crippen LogP contribution < -0.4 is 21.7 Å². The third-order valence-electron chi connectivity index (χ3n) is 2.83. The summed E-state index contributed by atoms with van der Waals surface area (Å²) in [6, 6.07) is 1.87. The lowest BCUT2D eigenvalue weighted by atomic mass is 10.3. The first-order valence-corrected chi connectivity index (χ1v) is 7.86. The lowest BCUT2D eigenvalue weighted by molar-refractivity contribution is -0.753. The Morgan fingerprint density at radius 2 is 2.14 bits per heavy atom. The van der Waals surface area contributed by atoms with E-state index in [1.54, 1.807) is 17.1 Å². The van der Waals surface area contributed by atoms with Gasteiger partial charge in [-0.1, -0.05) is 4.68 Å². The van der Waals surface area contributed by atoms with Gasteiger partial charge in [-0.05, 0) is 5.10 Å². The van der Waals surface area contributed by atoms with Gasteiger partial charge in [-0.2, -0.15) is 0 Å². The van der Waals surface area contributed by atoms with Crippen LogP contribution in [-0.4, -0.2) is 30.5 Å². The van der Waals surface area contributed by atoms with E-state index in [0.29, 0.717) is 25.0 Å². The molecule has 21 heavy (non-hydrogen) atoms. The van der Waals surface area contributed by atoms with Crippen molar-refractivity contribution in [1.29, 1.82) is 0 Å². The predicted molar refractivity (Wildman–Crippen MR) is 71.0 cm³/mol. The minimum absolute atomic E-state index is 0. The predicted octanol–water partition coefficient (Wildman–Crippen LogP) is -1.10. The van der Waals surface area contributed by atoms with Crippen molar-refractivity contribution in [2.75, 3.05) is 20.4 Å². The van der Waals surface area contributed by atoms with E-state index in [2.05, 4.69) is 10.1 Å². The molecule has 0 radical (unpaired) electrons. The maximum Gasteiger partial charge on any atom is 0.330 e. The van der Waals surface area contributed by atoms with Gasteiger partial charge in [0.2, 0.25) is 5.89 Å². The molecule has 9 heteroatoms. The van der Waals surface area contributed by atoms with Gasteiger partial charge in [0.1, 0.15) is 12.5 Å². The number of oxazole rings is 1. The minimum atomic E-state index is -2.93. The fourth-order valence-electron chi connectivity index (χ4n) is 1.69. The lowest BCUT2D eigenvalue weighted by Gasteiger charge is -2.11. The second-order valence-electron chi connectivity index (χ2n) is 4.07. The normalized spacial score (nSPS) is 11.1. The van der Waals surface area contributed by atoms with Crippen molar-refractivity contribution in [3.63, 3.8) is 0 Å². The van der Waals surface area contributed by atoms with Gasteiger partial charge < -0.3 is 30.4 Å². The number of hydrogen-bond donors (Lipinski definition) is 0. The van der Waals surface area contributed by atoms with Crippen LogP contribution in [0.5, 0.6) is 0 Å². The average molecular weight is 378 g/mol. The monoisotopic (exact) mass is 377 g/mol. The van der Waals surface area contributed by atoms with Gasteiger partial charge in [-0.3, -0.25) is 4.57 Å². The number of nitrogens with zero attached hydrogens (tertiary/aromatic N) is 3. The molecule has 2 rings (SSSR count). The zero-order valence-corrected chi connectivity index (χ0v) is 14.3. The third kappa shape index (κ3) is 5.00. The Bertz CT molecular complexity index is 569. The molecule has 0 aliphatic heterocycles. The minimum Gasteiger partial charge on any atom is -1.00 e. The van der Waals surface area contributed by atoms with E-state index < -0.39 is 7.60 Å². The van der Waals surface area contributed by atoms with Crippen LogP contribution in [0.2, 0.25) is 0 Å². The van der Waals surface area contributed by atoms with Crippen LogP contribution in [0.15, 0.2) is 35.3 Å². The molecule has 0 unspecified atom stereocenters. The van der Waals surface area contributed by atoms with Crippen LogP contribution in [0.25, 0.3) is 11.5 Å². The first kappa shape index (κ1) is 18.0. The van der Waals surface area contributed by atoms with Crippen LogP contribution in [0.3, 0.4) is 0 Å². The van der Waals surface area contributed by atoms with Crippen molar-refractivity contribution in [3.8, 4) is 11.5 Å². The van der Waals surface area contributed by atoms with Gasteiger partial charge in [-0.15, -0.1) is 0 Å². The molecule has 0 saturated carbocycles. The van der Waals surface area contributed by atoms with E-state index in [0.717, 1.165) is 5.56 Å². The Morgan fingerprint density at radius 1 is 1.38 bits per heavy atom. The maximum absolute atomic E-state index is 11.9. The Morgan fingerprint density at radius 3 is 2.67 bits per heavy atom. The zero-order chi connectivity index (χ0) is 14.4. The molecular formula is C12H17BrN3O4P. The van der Waals surface area contributed by atoms with E-state index in [4.69, 9.17) is 13.5 Å². The van der Waals surface area contributed by atoms with Crippen molar-refractivity contribution in [2.24, 2.45) is 0 Å². The molecule has 0 N–H and O–H groups in total. The topological polar surface area (TPSA) is 78.3 Å². The fraction of sp³-hybridized carbons (Fsp3) is 0.417. The highest BCUT2D eigenvalue weighted by Gasteiger charge is 2.21. The van der Waals surface area contributed by atoms with Crippen molar-refractivity contribution in [3.05, 3.63) is 30.9 Å². The van der Waals surface area contributed by atoms with Gasteiger partial charge in [0, 0.05) is 26.7 Å². The van der Waals surface area contributed by atoms with Crippen LogP contribution in [0.1, 0.15) is 6.42 Å². The van der Waals surface area contributed by atoms with E-state index in [1.165, 1.54) is 20.5 Å². The Balaban J connectivity index is 0.00000220. The molecule has 0 aromatic carbocycles. The maximum atomic E-state index is 11.9. The molecule has 2 heterocycles. The van der Waals surface area contributed by atoms with E-state index in [1.807, 2.05) is 12.3 Å². The molecule has 116 valence electrons. The average Bonchev–Trinajstić information content (AvgIpc) is 3.02. The van der Waals surface area contributed by atoms with Gasteiger partial charge in [0.15, 0.2) is 12.7 Å². The molecule has 2 aromatic heterocycles. The van der Waals surface area contributed by atoms with Crippen LogP contribution in [0.4, 0.5) is 0 Å². The summed E-state index contributed by atoms with van der Waals surface area (Å²) in [4.78, 5) is 4.05. The number of aryl methyl sites for hydroxylation is 1. The Hall–Kier alpha value is -1.08. The summed E-state index contributed by atoms with van der Waals surface area (Å²) in [5.74, 6) is 0.535. The summed E-state index contributed by atoms with van der Waals surface area (Å²) in [5.41, 5.74) is 0.811. The number of aromatic nitrogens is 3. The lowest BCUT2D eigenvalue weighted by Crippen LogP contribution is -3.00. The molecule has 0 amide bonds. The highest BCUT2D eigenvalue weighted by atomic mass is 79.9. The van der Waals surface area contributed by atoms with Gasteiger partial charge >= 0.3 is 7.60 Å². The summed E-state index contributed by atoms with van der Waals surface area (Å²) < 4.78 is 28.5. The number of halogens is 1. The molecule has 0 spiro atoms. The van der Waals surface area contributed by atoms with Crippen LogP contribution in [0, 0.1) is 0 Å². The van der Waals surface area contributed by atoms with Crippen molar-refractivity contribution in [2.45, 2.75) is 13.0 Å². The summed E-state index contributed by atoms with van der Waals surface area (Å²) in [6.07, 6.45) is 7.61. The molecule has 0 bridgehead atoms. The molecule has 2 aromatic rings. The highest BCUT2D eigenvalue weighted by Crippen LogP contribution is 2.46. The number of rotatable bonds is 7. The van der Waals surface area contributed by atoms with Crippen molar-refractivity contribution < 1.29 is 39.7 Å². The number of hydrogen-bond acceptors (Lipinski definition) is 6. The molecule has 0 atom stereocenters. The standard InChI is InChI=1S/C12H17N3O4P.BrH/c1-17-20(16,18-2)9-3-6-15-7-4-11(10-14-15)12-13-5-8-19-12;/h4-5,7-8,10H,3,6,9H2,1-2H3;1H/q+1;/p-1. The molecule has 0 aliphatic rings. The Labute approximate surface area is 133 Å². The molecular weight excluding hydrogens is 361 g/mol. The summed E-state index contributed by atoms with van der Waals surface area (Å²) in [5, 5.41) is 4.25. The van der Waals surface area contributed by atoms with Gasteiger partial charge in [0.05, 0.1) is 17.9 Å². The van der Waals surface area contributed by atoms with E-state index in [-0.39, 0.29) is 17.0 Å². The second-order valence-corrected chi connectivity index (χ2v) is 6.47. The summed E-state index contributed by atoms with van der Waals surface area (Å²) in [7, 11) is -0.154. The third-order valence-corrected chi connectivity index (χ3v) is 4.80. The van der Waals surface area contributed by atoms with Crippen LogP contribution in [-0.2, 0) is 20.2 Å². The second kappa shape index (κ2) is 8.38. The highest BCUT2D eigenvalue weighted by molar-refractivity contribution is 7.53. The van der Waals surface area contributed by atoms with E-state index >= 15 is 0 Å². The molecule has 0 saturated heterocycles. The van der Waals surface area contributed by atoms with Crippen LogP contribution >= 0.6 is 7.60 Å². The SMILES string of the molecule is COP(=O)(CCC[n+]1ccc(-c2ncco2)cn1)OC.[Br-]. The summed E-state index contributed by atoms with van der Waals surface area (Å²) in [6.45, 7) is 0.628. The first-order chi connectivity index (χ1) is 9.67. The van der Waals surface area contributed by atoms with Crippen molar-refractivity contribution >= 4 is 7.60 Å². The first-order valence-electron chi connectivity index (χ1n) is 6.13. The Kier molecular flexibility index (Phi) is 7.17. The van der Waals surface area contributed by atoms with Gasteiger partial charge in [0.25, 0.3) is 0 Å². The molecule has 0 fully saturated rings. The largest absolute Gasteiger partial charge is 1.00 e. The fourth-order valence-corrected chi connectivity index (χ4v) is 2.74. The van der Waals surface area contributed by atoms with Gasteiger partial charge in [-0.25, -0.2) is 4.98 Å². The molecule has 7 nitrogen and oxygen atoms in total. The van der Waals surface area contributed by atoms with E-state index in [9.17, 15) is 4.57 Å².